The van der Waals surface area contributed by atoms with E-state index in [-0.39, 0.29) is 44.0 Å². The lowest BCUT2D eigenvalue weighted by molar-refractivity contribution is -0.156. The molecule has 166 valence electrons. The Labute approximate surface area is 181 Å². The number of nitrogens with one attached hydrogen (secondary N) is 1. The van der Waals surface area contributed by atoms with E-state index in [0.29, 0.717) is 24.4 Å². The van der Waals surface area contributed by atoms with E-state index < -0.39 is 6.04 Å². The van der Waals surface area contributed by atoms with Gasteiger partial charge in [-0.3, -0.25) is 14.3 Å². The zero-order chi connectivity index (χ0) is 22.1. The van der Waals surface area contributed by atoms with Gasteiger partial charge in [0.2, 0.25) is 11.8 Å². The summed E-state index contributed by atoms with van der Waals surface area (Å²) in [7, 11) is 0. The largest absolute Gasteiger partial charge is 0.493 e. The Balaban J connectivity index is 1.47. The van der Waals surface area contributed by atoms with Crippen LogP contribution in [0.1, 0.15) is 32.6 Å². The SMILES string of the molecule is CCOC(=O)[C@@H]1CCCCN1C(=O)Cn1cc(NC(=O)CCOc2ccccc2)cn1. The maximum atomic E-state index is 12.7. The van der Waals surface area contributed by atoms with Gasteiger partial charge in [0.1, 0.15) is 18.3 Å². The fourth-order valence-corrected chi connectivity index (χ4v) is 3.46. The Morgan fingerprint density at radius 3 is 2.77 bits per heavy atom. The van der Waals surface area contributed by atoms with Crippen molar-refractivity contribution in [3.63, 3.8) is 0 Å². The van der Waals surface area contributed by atoms with Crippen LogP contribution in [0.3, 0.4) is 0 Å². The number of para-hydroxylation sites is 1. The van der Waals surface area contributed by atoms with E-state index in [1.807, 2.05) is 30.3 Å². The van der Waals surface area contributed by atoms with Gasteiger partial charge < -0.3 is 19.7 Å². The molecule has 0 radical (unpaired) electrons. The van der Waals surface area contributed by atoms with E-state index in [0.717, 1.165) is 12.8 Å². The molecule has 0 bridgehead atoms. The number of amides is 2. The highest BCUT2D eigenvalue weighted by Gasteiger charge is 2.33. The summed E-state index contributed by atoms with van der Waals surface area (Å²) in [5.41, 5.74) is 0.498. The first-order valence-electron chi connectivity index (χ1n) is 10.5. The first kappa shape index (κ1) is 22.3. The molecule has 0 aliphatic carbocycles. The Kier molecular flexibility index (Phi) is 8.03. The quantitative estimate of drug-likeness (QED) is 0.615. The number of likely N-dealkylation sites (tertiary alicyclic amines) is 1. The zero-order valence-corrected chi connectivity index (χ0v) is 17.7. The monoisotopic (exact) mass is 428 g/mol. The van der Waals surface area contributed by atoms with Gasteiger partial charge in [-0.1, -0.05) is 18.2 Å². The van der Waals surface area contributed by atoms with Crippen LogP contribution in [-0.4, -0.2) is 58.3 Å². The van der Waals surface area contributed by atoms with Gasteiger partial charge >= 0.3 is 5.97 Å². The molecule has 2 amide bonds. The zero-order valence-electron chi connectivity index (χ0n) is 17.7. The van der Waals surface area contributed by atoms with E-state index in [4.69, 9.17) is 9.47 Å². The van der Waals surface area contributed by atoms with E-state index in [1.165, 1.54) is 10.9 Å². The Morgan fingerprint density at radius 1 is 1.19 bits per heavy atom. The fraction of sp³-hybridized carbons (Fsp3) is 0.455. The number of rotatable bonds is 9. The molecule has 1 saturated heterocycles. The van der Waals surface area contributed by atoms with Gasteiger partial charge in [0.25, 0.3) is 0 Å². The van der Waals surface area contributed by atoms with Crippen LogP contribution in [0.4, 0.5) is 5.69 Å². The standard InChI is InChI=1S/C22H28N4O5/c1-2-30-22(29)19-10-6-7-12-26(19)21(28)16-25-15-17(14-23-25)24-20(27)11-13-31-18-8-4-3-5-9-18/h3-5,8-9,14-15,19H,2,6-7,10-13,16H2,1H3,(H,24,27)/t19-/m0/s1. The van der Waals surface area contributed by atoms with Crippen LogP contribution in [0, 0.1) is 0 Å². The van der Waals surface area contributed by atoms with Crippen LogP contribution in [0.5, 0.6) is 5.75 Å². The molecule has 3 rings (SSSR count). The average Bonchev–Trinajstić information content (AvgIpc) is 3.21. The highest BCUT2D eigenvalue weighted by molar-refractivity contribution is 5.90. The number of piperidine rings is 1. The fourth-order valence-electron chi connectivity index (χ4n) is 3.46. The number of hydrogen-bond donors (Lipinski definition) is 1. The minimum Gasteiger partial charge on any atom is -0.493 e. The van der Waals surface area contributed by atoms with Crippen LogP contribution in [0.25, 0.3) is 0 Å². The van der Waals surface area contributed by atoms with Crippen molar-refractivity contribution in [1.82, 2.24) is 14.7 Å². The van der Waals surface area contributed by atoms with Crippen molar-refractivity contribution < 1.29 is 23.9 Å². The minimum absolute atomic E-state index is 0.0110. The summed E-state index contributed by atoms with van der Waals surface area (Å²) in [6.07, 6.45) is 5.62. The molecule has 1 aromatic carbocycles. The summed E-state index contributed by atoms with van der Waals surface area (Å²) in [6, 6.07) is 8.74. The molecular formula is C22H28N4O5. The number of ether oxygens (including phenoxy) is 2. The maximum absolute atomic E-state index is 12.7. The van der Waals surface area contributed by atoms with Crippen molar-refractivity contribution >= 4 is 23.5 Å². The lowest BCUT2D eigenvalue weighted by Crippen LogP contribution is -2.49. The van der Waals surface area contributed by atoms with E-state index >= 15 is 0 Å². The van der Waals surface area contributed by atoms with Crippen molar-refractivity contribution in [1.29, 1.82) is 0 Å². The summed E-state index contributed by atoms with van der Waals surface area (Å²) in [5, 5.41) is 6.89. The normalized spacial score (nSPS) is 15.9. The smallest absolute Gasteiger partial charge is 0.328 e. The second kappa shape index (κ2) is 11.1. The number of aromatic nitrogens is 2. The highest BCUT2D eigenvalue weighted by Crippen LogP contribution is 2.19. The minimum atomic E-state index is -0.541. The van der Waals surface area contributed by atoms with Gasteiger partial charge in [0, 0.05) is 12.7 Å². The first-order valence-corrected chi connectivity index (χ1v) is 10.5. The summed E-state index contributed by atoms with van der Waals surface area (Å²) in [5.74, 6) is -0.0580. The maximum Gasteiger partial charge on any atom is 0.328 e. The third kappa shape index (κ3) is 6.56. The molecule has 1 atom stereocenters. The predicted octanol–water partition coefficient (Wildman–Crippen LogP) is 2.23. The topological polar surface area (TPSA) is 103 Å². The van der Waals surface area contributed by atoms with E-state index in [1.54, 1.807) is 18.0 Å². The Bertz CT molecular complexity index is 883. The van der Waals surface area contributed by atoms with Crippen molar-refractivity contribution in [3.8, 4) is 5.75 Å². The highest BCUT2D eigenvalue weighted by atomic mass is 16.5. The molecular weight excluding hydrogens is 400 g/mol. The van der Waals surface area contributed by atoms with E-state index in [2.05, 4.69) is 10.4 Å². The predicted molar refractivity (Wildman–Crippen MR) is 113 cm³/mol. The summed E-state index contributed by atoms with van der Waals surface area (Å²) < 4.78 is 12.1. The summed E-state index contributed by atoms with van der Waals surface area (Å²) in [6.45, 7) is 2.81. The molecule has 0 saturated carbocycles. The third-order valence-electron chi connectivity index (χ3n) is 4.94. The molecule has 31 heavy (non-hydrogen) atoms. The van der Waals surface area contributed by atoms with Crippen LogP contribution in [0.15, 0.2) is 42.7 Å². The van der Waals surface area contributed by atoms with Gasteiger partial charge in [-0.05, 0) is 38.3 Å². The number of anilines is 1. The molecule has 2 aromatic rings. The van der Waals surface area contributed by atoms with Crippen LogP contribution in [-0.2, 0) is 25.7 Å². The van der Waals surface area contributed by atoms with Gasteiger partial charge in [-0.2, -0.15) is 5.10 Å². The van der Waals surface area contributed by atoms with Gasteiger partial charge in [-0.25, -0.2) is 4.79 Å². The number of nitrogens with zero attached hydrogens (tertiary/aromatic N) is 3. The summed E-state index contributed by atoms with van der Waals surface area (Å²) >= 11 is 0. The van der Waals surface area contributed by atoms with Crippen molar-refractivity contribution in [2.75, 3.05) is 25.1 Å². The number of carbonyl (C=O) groups excluding carboxylic acids is 3. The number of carbonyl (C=O) groups is 3. The second-order valence-electron chi connectivity index (χ2n) is 7.24. The van der Waals surface area contributed by atoms with Crippen molar-refractivity contribution in [2.45, 2.75) is 45.2 Å². The average molecular weight is 428 g/mol. The van der Waals surface area contributed by atoms with Crippen molar-refractivity contribution in [3.05, 3.63) is 42.7 Å². The van der Waals surface area contributed by atoms with Crippen LogP contribution >= 0.6 is 0 Å². The number of benzene rings is 1. The van der Waals surface area contributed by atoms with Crippen LogP contribution < -0.4 is 10.1 Å². The van der Waals surface area contributed by atoms with Crippen molar-refractivity contribution in [2.24, 2.45) is 0 Å². The van der Waals surface area contributed by atoms with Gasteiger partial charge in [0.15, 0.2) is 0 Å². The van der Waals surface area contributed by atoms with E-state index in [9.17, 15) is 14.4 Å². The molecule has 1 N–H and O–H groups in total. The van der Waals surface area contributed by atoms with Gasteiger partial charge in [-0.15, -0.1) is 0 Å². The molecule has 9 heteroatoms. The Hall–Kier alpha value is -3.36. The Morgan fingerprint density at radius 2 is 2.00 bits per heavy atom. The van der Waals surface area contributed by atoms with Crippen LogP contribution in [0.2, 0.25) is 0 Å². The molecule has 1 aromatic heterocycles. The lowest BCUT2D eigenvalue weighted by atomic mass is 10.0. The molecule has 0 unspecified atom stereocenters. The molecule has 2 heterocycles. The van der Waals surface area contributed by atoms with Gasteiger partial charge in [0.05, 0.1) is 31.5 Å². The molecule has 1 aliphatic heterocycles. The number of hydrogen-bond acceptors (Lipinski definition) is 6. The number of esters is 1. The molecule has 0 spiro atoms. The summed E-state index contributed by atoms with van der Waals surface area (Å²) in [4.78, 5) is 38.6. The lowest BCUT2D eigenvalue weighted by Gasteiger charge is -2.34. The second-order valence-corrected chi connectivity index (χ2v) is 7.24. The first-order chi connectivity index (χ1) is 15.1. The molecule has 9 nitrogen and oxygen atoms in total. The molecule has 1 fully saturated rings. The third-order valence-corrected chi connectivity index (χ3v) is 4.94. The molecule has 1 aliphatic rings.